The van der Waals surface area contributed by atoms with Crippen LogP contribution in [0.3, 0.4) is 0 Å². The van der Waals surface area contributed by atoms with Crippen LogP contribution < -0.4 is 10.3 Å². The Bertz CT molecular complexity index is 1390. The van der Waals surface area contributed by atoms with Gasteiger partial charge in [0.25, 0.3) is 5.56 Å². The van der Waals surface area contributed by atoms with Gasteiger partial charge >= 0.3 is 0 Å². The highest BCUT2D eigenvalue weighted by Gasteiger charge is 2.24. The van der Waals surface area contributed by atoms with Gasteiger partial charge in [0.2, 0.25) is 0 Å². The van der Waals surface area contributed by atoms with Crippen LogP contribution in [0.15, 0.2) is 58.5 Å². The summed E-state index contributed by atoms with van der Waals surface area (Å²) in [6, 6.07) is 16.3. The maximum absolute atomic E-state index is 13.9. The van der Waals surface area contributed by atoms with E-state index in [0.29, 0.717) is 0 Å². The summed E-state index contributed by atoms with van der Waals surface area (Å²) < 4.78 is 7.57. The Morgan fingerprint density at radius 2 is 1.97 bits per heavy atom. The third kappa shape index (κ3) is 4.65. The largest absolute Gasteiger partial charge is 0.491 e. The second-order valence-corrected chi connectivity index (χ2v) is 11.2. The lowest BCUT2D eigenvalue weighted by molar-refractivity contribution is 0.242. The van der Waals surface area contributed by atoms with Gasteiger partial charge in [-0.2, -0.15) is 0 Å². The molecule has 0 saturated carbocycles. The zero-order valence-corrected chi connectivity index (χ0v) is 21.6. The molecule has 5 nitrogen and oxygen atoms in total. The Hall–Kier alpha value is -2.61. The summed E-state index contributed by atoms with van der Waals surface area (Å²) in [5.74, 6) is 1.59. The quantitative estimate of drug-likeness (QED) is 0.251. The van der Waals surface area contributed by atoms with Gasteiger partial charge in [-0.15, -0.1) is 11.3 Å². The molecule has 1 aliphatic rings. The molecule has 4 aromatic rings. The zero-order valence-electron chi connectivity index (χ0n) is 20.0. The van der Waals surface area contributed by atoms with Crippen LogP contribution in [0, 0.1) is 6.92 Å². The normalized spacial score (nSPS) is 14.0. The summed E-state index contributed by atoms with van der Waals surface area (Å²) in [7, 11) is 2.13. The summed E-state index contributed by atoms with van der Waals surface area (Å²) in [6.07, 6.45) is 1.05. The van der Waals surface area contributed by atoms with Gasteiger partial charge in [-0.1, -0.05) is 36.0 Å². The number of hydrogen-bond acceptors (Lipinski definition) is 6. The molecule has 2 aromatic carbocycles. The summed E-state index contributed by atoms with van der Waals surface area (Å²) >= 11 is 3.28. The van der Waals surface area contributed by atoms with Crippen LogP contribution in [0.2, 0.25) is 0 Å². The van der Waals surface area contributed by atoms with Crippen LogP contribution in [0.5, 0.6) is 5.75 Å². The van der Waals surface area contributed by atoms with Gasteiger partial charge in [-0.25, -0.2) is 4.98 Å². The molecule has 0 N–H and O–H groups in total. The van der Waals surface area contributed by atoms with Gasteiger partial charge in [-0.3, -0.25) is 9.36 Å². The number of benzene rings is 2. The summed E-state index contributed by atoms with van der Waals surface area (Å²) in [5.41, 5.74) is 4.39. The number of nitrogens with zero attached hydrogens (tertiary/aromatic N) is 3. The van der Waals surface area contributed by atoms with Crippen LogP contribution in [-0.4, -0.2) is 34.1 Å². The van der Waals surface area contributed by atoms with Crippen molar-refractivity contribution >= 4 is 33.3 Å². The maximum Gasteiger partial charge on any atom is 0.267 e. The third-order valence-electron chi connectivity index (χ3n) is 5.96. The van der Waals surface area contributed by atoms with Crippen molar-refractivity contribution in [3.8, 4) is 11.4 Å². The molecule has 0 amide bonds. The van der Waals surface area contributed by atoms with Gasteiger partial charge in [0.05, 0.1) is 17.2 Å². The molecular weight excluding hydrogens is 462 g/mol. The first kappa shape index (κ1) is 23.1. The molecule has 0 bridgehead atoms. The second kappa shape index (κ2) is 9.56. The van der Waals surface area contributed by atoms with E-state index in [1.807, 2.05) is 42.7 Å². The smallest absolute Gasteiger partial charge is 0.267 e. The van der Waals surface area contributed by atoms with Gasteiger partial charge in [0.15, 0.2) is 5.16 Å². The first-order valence-electron chi connectivity index (χ1n) is 11.6. The predicted octanol–water partition coefficient (Wildman–Crippen LogP) is 5.82. The average Bonchev–Trinajstić information content (AvgIpc) is 3.15. The Morgan fingerprint density at radius 1 is 1.18 bits per heavy atom. The van der Waals surface area contributed by atoms with Gasteiger partial charge in [0, 0.05) is 23.7 Å². The van der Waals surface area contributed by atoms with Crippen molar-refractivity contribution in [3.05, 3.63) is 80.5 Å². The first-order chi connectivity index (χ1) is 16.4. The highest BCUT2D eigenvalue weighted by molar-refractivity contribution is 7.98. The lowest BCUT2D eigenvalue weighted by Crippen LogP contribution is -2.27. The van der Waals surface area contributed by atoms with Crippen LogP contribution >= 0.6 is 23.1 Å². The molecule has 0 radical (unpaired) electrons. The van der Waals surface area contributed by atoms with Crippen molar-refractivity contribution in [2.45, 2.75) is 50.8 Å². The van der Waals surface area contributed by atoms with E-state index in [1.165, 1.54) is 16.0 Å². The van der Waals surface area contributed by atoms with E-state index in [9.17, 15) is 4.79 Å². The number of thiophene rings is 1. The van der Waals surface area contributed by atoms with E-state index in [0.717, 1.165) is 57.6 Å². The van der Waals surface area contributed by atoms with E-state index in [4.69, 9.17) is 9.72 Å². The molecule has 176 valence electrons. The lowest BCUT2D eigenvalue weighted by Gasteiger charge is -2.21. The Balaban J connectivity index is 1.56. The number of ether oxygens (including phenoxy) is 1. The lowest BCUT2D eigenvalue weighted by atomic mass is 10.1. The topological polar surface area (TPSA) is 47.4 Å². The minimum Gasteiger partial charge on any atom is -0.491 e. The van der Waals surface area contributed by atoms with Crippen molar-refractivity contribution in [2.75, 3.05) is 13.6 Å². The standard InChI is InChI=1S/C27H29N3O2S2/c1-17(2)32-21-10-8-19(9-11-21)16-33-27-28-25-24(22-12-13-29(4)15-23(22)34-25)26(31)30(27)20-7-5-6-18(3)14-20/h5-11,14,17H,12-13,15-16H2,1-4H3. The van der Waals surface area contributed by atoms with Crippen LogP contribution in [0.25, 0.3) is 15.9 Å². The fourth-order valence-electron chi connectivity index (χ4n) is 4.33. The number of likely N-dealkylation sites (N-methyl/N-ethyl adjacent to an activating group) is 1. The predicted molar refractivity (Wildman–Crippen MR) is 142 cm³/mol. The third-order valence-corrected chi connectivity index (χ3v) is 8.08. The SMILES string of the molecule is Cc1cccc(-n2c(SCc3ccc(OC(C)C)cc3)nc3sc4c(c3c2=O)CCN(C)C4)c1. The van der Waals surface area contributed by atoms with E-state index in [-0.39, 0.29) is 11.7 Å². The second-order valence-electron chi connectivity index (χ2n) is 9.14. The monoisotopic (exact) mass is 491 g/mol. The summed E-state index contributed by atoms with van der Waals surface area (Å²) in [6.45, 7) is 7.95. The van der Waals surface area contributed by atoms with Crippen LogP contribution in [-0.2, 0) is 18.7 Å². The van der Waals surface area contributed by atoms with Crippen molar-refractivity contribution in [1.29, 1.82) is 0 Å². The highest BCUT2D eigenvalue weighted by atomic mass is 32.2. The molecule has 0 fully saturated rings. The Morgan fingerprint density at radius 3 is 2.71 bits per heavy atom. The molecule has 2 aromatic heterocycles. The number of hydrogen-bond donors (Lipinski definition) is 0. The molecular formula is C27H29N3O2S2. The Labute approximate surface area is 208 Å². The molecule has 7 heteroatoms. The number of rotatable bonds is 6. The summed E-state index contributed by atoms with van der Waals surface area (Å²) in [5, 5.41) is 1.53. The molecule has 0 saturated heterocycles. The molecule has 5 rings (SSSR count). The van der Waals surface area contributed by atoms with Crippen molar-refractivity contribution in [3.63, 3.8) is 0 Å². The molecule has 3 heterocycles. The van der Waals surface area contributed by atoms with Crippen LogP contribution in [0.4, 0.5) is 0 Å². The molecule has 1 aliphatic heterocycles. The minimum absolute atomic E-state index is 0.0424. The highest BCUT2D eigenvalue weighted by Crippen LogP contribution is 2.34. The minimum atomic E-state index is 0.0424. The average molecular weight is 492 g/mol. The van der Waals surface area contributed by atoms with E-state index >= 15 is 0 Å². The van der Waals surface area contributed by atoms with Crippen molar-refractivity contribution < 1.29 is 4.74 Å². The maximum atomic E-state index is 13.9. The number of aromatic nitrogens is 2. The molecule has 0 atom stereocenters. The molecule has 0 unspecified atom stereocenters. The zero-order chi connectivity index (χ0) is 23.8. The van der Waals surface area contributed by atoms with Crippen molar-refractivity contribution in [1.82, 2.24) is 14.5 Å². The fraction of sp³-hybridized carbons (Fsp3) is 0.333. The number of fused-ring (bicyclic) bond motifs is 3. The van der Waals surface area contributed by atoms with E-state index < -0.39 is 0 Å². The number of aryl methyl sites for hydroxylation is 1. The Kier molecular flexibility index (Phi) is 6.51. The summed E-state index contributed by atoms with van der Waals surface area (Å²) in [4.78, 5) is 23.4. The van der Waals surface area contributed by atoms with Crippen LogP contribution in [0.1, 0.15) is 35.4 Å². The molecule has 0 spiro atoms. The van der Waals surface area contributed by atoms with Crippen molar-refractivity contribution in [2.24, 2.45) is 0 Å². The van der Waals surface area contributed by atoms with E-state index in [1.54, 1.807) is 23.1 Å². The number of thioether (sulfide) groups is 1. The molecule has 0 aliphatic carbocycles. The van der Waals surface area contributed by atoms with Gasteiger partial charge in [0.1, 0.15) is 10.6 Å². The fourth-order valence-corrected chi connectivity index (χ4v) is 6.64. The van der Waals surface area contributed by atoms with Gasteiger partial charge < -0.3 is 9.64 Å². The molecule has 34 heavy (non-hydrogen) atoms. The van der Waals surface area contributed by atoms with Gasteiger partial charge in [-0.05, 0) is 75.2 Å². The first-order valence-corrected chi connectivity index (χ1v) is 13.4. The van der Waals surface area contributed by atoms with E-state index in [2.05, 4.69) is 43.1 Å².